The lowest BCUT2D eigenvalue weighted by atomic mass is 9.80. The molecule has 2 aliphatic rings. The maximum absolute atomic E-state index is 11.7. The molecule has 18 heavy (non-hydrogen) atoms. The predicted molar refractivity (Wildman–Crippen MR) is 64.1 cm³/mol. The van der Waals surface area contributed by atoms with Crippen molar-refractivity contribution in [2.24, 2.45) is 11.8 Å². The van der Waals surface area contributed by atoms with Crippen LogP contribution >= 0.6 is 0 Å². The molecule has 0 spiro atoms. The fraction of sp³-hybridized carbons (Fsp3) is 0.833. The maximum atomic E-state index is 11.7. The molecular weight excluding hydrogens is 236 g/mol. The molecule has 0 saturated carbocycles. The Labute approximate surface area is 106 Å². The zero-order chi connectivity index (χ0) is 13.3. The second-order valence-electron chi connectivity index (χ2n) is 5.31. The predicted octanol–water partition coefficient (Wildman–Crippen LogP) is 0.216. The Balaban J connectivity index is 1.85. The summed E-state index contributed by atoms with van der Waals surface area (Å²) in [5.41, 5.74) is 0. The normalized spacial score (nSPS) is 26.7. The fourth-order valence-electron chi connectivity index (χ4n) is 2.83. The third-order valence-corrected chi connectivity index (χ3v) is 3.97. The second-order valence-corrected chi connectivity index (χ2v) is 5.31. The third-order valence-electron chi connectivity index (χ3n) is 3.97. The van der Waals surface area contributed by atoms with E-state index < -0.39 is 12.2 Å². The lowest BCUT2D eigenvalue weighted by molar-refractivity contribution is -0.142. The molecule has 2 atom stereocenters. The Morgan fingerprint density at radius 3 is 2.33 bits per heavy atom. The van der Waals surface area contributed by atoms with E-state index >= 15 is 0 Å². The van der Waals surface area contributed by atoms with Gasteiger partial charge in [0.05, 0.1) is 0 Å². The molecule has 2 heterocycles. The van der Waals surface area contributed by atoms with Crippen molar-refractivity contribution in [1.82, 2.24) is 9.80 Å². The van der Waals surface area contributed by atoms with Gasteiger partial charge in [0.25, 0.3) is 5.91 Å². The first-order chi connectivity index (χ1) is 8.49. The molecule has 2 aliphatic heterocycles. The zero-order valence-electron chi connectivity index (χ0n) is 10.6. The number of rotatable bonds is 2. The molecule has 6 heteroatoms. The molecule has 2 amide bonds. The lowest BCUT2D eigenvalue weighted by Gasteiger charge is -2.45. The molecule has 0 aromatic rings. The van der Waals surface area contributed by atoms with Gasteiger partial charge >= 0.3 is 6.09 Å². The van der Waals surface area contributed by atoms with Crippen molar-refractivity contribution >= 4 is 12.0 Å². The van der Waals surface area contributed by atoms with E-state index in [4.69, 9.17) is 5.11 Å². The summed E-state index contributed by atoms with van der Waals surface area (Å²) in [6, 6.07) is 0. The summed E-state index contributed by atoms with van der Waals surface area (Å²) in [5.74, 6) is 0.525. The van der Waals surface area contributed by atoms with Crippen molar-refractivity contribution in [3.8, 4) is 0 Å². The van der Waals surface area contributed by atoms with Crippen molar-refractivity contribution in [1.29, 1.82) is 0 Å². The van der Waals surface area contributed by atoms with E-state index in [1.165, 1.54) is 11.8 Å². The first-order valence-corrected chi connectivity index (χ1v) is 6.43. The molecule has 0 bridgehead atoms. The van der Waals surface area contributed by atoms with Gasteiger partial charge < -0.3 is 20.0 Å². The molecule has 102 valence electrons. The maximum Gasteiger partial charge on any atom is 0.407 e. The quantitative estimate of drug-likeness (QED) is 0.740. The van der Waals surface area contributed by atoms with Gasteiger partial charge in [0.15, 0.2) is 0 Å². The number of aliphatic hydroxyl groups is 1. The molecular formula is C12H20N2O4. The number of aliphatic hydroxyl groups excluding tert-OH is 1. The number of hydrogen-bond donors (Lipinski definition) is 2. The van der Waals surface area contributed by atoms with Crippen molar-refractivity contribution < 1.29 is 19.8 Å². The Morgan fingerprint density at radius 1 is 1.17 bits per heavy atom. The van der Waals surface area contributed by atoms with Gasteiger partial charge in [-0.1, -0.05) is 0 Å². The SMILES string of the molecule is C[C@H](O)C(=O)N1CCC[C@H](C2CN(C(=O)O)C2)C1. The number of hydrogen-bond acceptors (Lipinski definition) is 3. The van der Waals surface area contributed by atoms with Gasteiger partial charge in [0.2, 0.25) is 0 Å². The van der Waals surface area contributed by atoms with E-state index in [1.54, 1.807) is 4.90 Å². The summed E-state index contributed by atoms with van der Waals surface area (Å²) in [6.07, 6.45) is 0.175. The topological polar surface area (TPSA) is 81.1 Å². The molecule has 2 fully saturated rings. The van der Waals surface area contributed by atoms with Crippen LogP contribution in [-0.2, 0) is 4.79 Å². The molecule has 6 nitrogen and oxygen atoms in total. The van der Waals surface area contributed by atoms with Crippen LogP contribution in [0.3, 0.4) is 0 Å². The lowest BCUT2D eigenvalue weighted by Crippen LogP contribution is -2.56. The van der Waals surface area contributed by atoms with Gasteiger partial charge in [-0.05, 0) is 31.6 Å². The standard InChI is InChI=1S/C12H20N2O4/c1-8(15)11(16)13-4-2-3-9(5-13)10-6-14(7-10)12(17)18/h8-10,15H,2-7H2,1H3,(H,17,18)/t8-,9-/m0/s1. The third kappa shape index (κ3) is 2.58. The van der Waals surface area contributed by atoms with Crippen LogP contribution in [0.2, 0.25) is 0 Å². The number of nitrogens with zero attached hydrogens (tertiary/aromatic N) is 2. The molecule has 0 radical (unpaired) electrons. The number of carbonyl (C=O) groups excluding carboxylic acids is 1. The smallest absolute Gasteiger partial charge is 0.407 e. The molecule has 0 aliphatic carbocycles. The Kier molecular flexibility index (Phi) is 3.75. The number of amides is 2. The molecule has 0 unspecified atom stereocenters. The summed E-state index contributed by atoms with van der Waals surface area (Å²) < 4.78 is 0. The van der Waals surface area contributed by atoms with Gasteiger partial charge in [0.1, 0.15) is 6.10 Å². The Hall–Kier alpha value is -1.30. The number of carbonyl (C=O) groups is 2. The van der Waals surface area contributed by atoms with E-state index in [1.807, 2.05) is 0 Å². The van der Waals surface area contributed by atoms with Crippen LogP contribution in [0.4, 0.5) is 4.79 Å². The van der Waals surface area contributed by atoms with Crippen LogP contribution in [0.25, 0.3) is 0 Å². The summed E-state index contributed by atoms with van der Waals surface area (Å²) >= 11 is 0. The average molecular weight is 256 g/mol. The van der Waals surface area contributed by atoms with E-state index in [9.17, 15) is 14.7 Å². The first kappa shape index (κ1) is 13.1. The van der Waals surface area contributed by atoms with E-state index in [0.29, 0.717) is 38.0 Å². The highest BCUT2D eigenvalue weighted by Gasteiger charge is 2.38. The molecule has 0 aromatic heterocycles. The number of piperidine rings is 1. The minimum absolute atomic E-state index is 0.214. The molecule has 2 N–H and O–H groups in total. The highest BCUT2D eigenvalue weighted by molar-refractivity contribution is 5.80. The van der Waals surface area contributed by atoms with E-state index in [2.05, 4.69) is 0 Å². The van der Waals surface area contributed by atoms with Crippen LogP contribution < -0.4 is 0 Å². The van der Waals surface area contributed by atoms with Crippen molar-refractivity contribution in [3.05, 3.63) is 0 Å². The van der Waals surface area contributed by atoms with E-state index in [-0.39, 0.29) is 5.91 Å². The first-order valence-electron chi connectivity index (χ1n) is 6.43. The van der Waals surface area contributed by atoms with Crippen molar-refractivity contribution in [3.63, 3.8) is 0 Å². The van der Waals surface area contributed by atoms with Crippen LogP contribution in [0, 0.1) is 11.8 Å². The average Bonchev–Trinajstić information content (AvgIpc) is 2.25. The summed E-state index contributed by atoms with van der Waals surface area (Å²) in [7, 11) is 0. The summed E-state index contributed by atoms with van der Waals surface area (Å²) in [6.45, 7) is 4.01. The van der Waals surface area contributed by atoms with Gasteiger partial charge in [-0.3, -0.25) is 4.79 Å². The van der Waals surface area contributed by atoms with Crippen molar-refractivity contribution in [2.45, 2.75) is 25.9 Å². The largest absolute Gasteiger partial charge is 0.465 e. The van der Waals surface area contributed by atoms with Gasteiger partial charge in [-0.15, -0.1) is 0 Å². The van der Waals surface area contributed by atoms with E-state index in [0.717, 1.165) is 12.8 Å². The molecule has 0 aromatic carbocycles. The minimum atomic E-state index is -0.944. The zero-order valence-corrected chi connectivity index (χ0v) is 10.6. The Morgan fingerprint density at radius 2 is 1.78 bits per heavy atom. The number of carboxylic acid groups (broad SMARTS) is 1. The van der Waals surface area contributed by atoms with Gasteiger partial charge in [0, 0.05) is 26.2 Å². The molecule has 2 rings (SSSR count). The fourth-order valence-corrected chi connectivity index (χ4v) is 2.83. The molecule has 2 saturated heterocycles. The highest BCUT2D eigenvalue weighted by atomic mass is 16.4. The van der Waals surface area contributed by atoms with Crippen LogP contribution in [0.1, 0.15) is 19.8 Å². The van der Waals surface area contributed by atoms with Crippen LogP contribution in [0.15, 0.2) is 0 Å². The van der Waals surface area contributed by atoms with Crippen molar-refractivity contribution in [2.75, 3.05) is 26.2 Å². The Bertz CT molecular complexity index is 339. The minimum Gasteiger partial charge on any atom is -0.465 e. The summed E-state index contributed by atoms with van der Waals surface area (Å²) in [5, 5.41) is 18.1. The highest BCUT2D eigenvalue weighted by Crippen LogP contribution is 2.31. The van der Waals surface area contributed by atoms with Gasteiger partial charge in [-0.25, -0.2) is 4.79 Å². The van der Waals surface area contributed by atoms with Gasteiger partial charge in [-0.2, -0.15) is 0 Å². The second kappa shape index (κ2) is 5.14. The van der Waals surface area contributed by atoms with Crippen LogP contribution in [0.5, 0.6) is 0 Å². The number of likely N-dealkylation sites (tertiary alicyclic amines) is 2. The monoisotopic (exact) mass is 256 g/mol. The summed E-state index contributed by atoms with van der Waals surface area (Å²) in [4.78, 5) is 25.5. The van der Waals surface area contributed by atoms with Crippen LogP contribution in [-0.4, -0.2) is 64.3 Å².